The highest BCUT2D eigenvalue weighted by Gasteiger charge is 2.17. The van der Waals surface area contributed by atoms with Crippen LogP contribution in [0.3, 0.4) is 0 Å². The van der Waals surface area contributed by atoms with Gasteiger partial charge in [-0.25, -0.2) is 4.39 Å². The molecule has 0 aliphatic carbocycles. The van der Waals surface area contributed by atoms with Crippen molar-refractivity contribution in [2.75, 3.05) is 33.3 Å². The van der Waals surface area contributed by atoms with E-state index in [1.807, 2.05) is 0 Å². The monoisotopic (exact) mass is 252 g/mol. The molecule has 0 spiro atoms. The highest BCUT2D eigenvalue weighted by atomic mass is 19.1. The lowest BCUT2D eigenvalue weighted by atomic mass is 10.1. The first-order valence-electron chi connectivity index (χ1n) is 6.55. The van der Waals surface area contributed by atoms with Crippen LogP contribution < -0.4 is 10.1 Å². The van der Waals surface area contributed by atoms with Crippen LogP contribution in [0.1, 0.15) is 12.8 Å². The van der Waals surface area contributed by atoms with Gasteiger partial charge in [0.1, 0.15) is 18.2 Å². The molecule has 1 saturated heterocycles. The molecule has 1 atom stereocenters. The molecule has 1 aromatic carbocycles. The molecule has 1 aliphatic rings. The van der Waals surface area contributed by atoms with E-state index in [1.54, 1.807) is 12.1 Å². The van der Waals surface area contributed by atoms with Crippen molar-refractivity contribution in [2.45, 2.75) is 18.9 Å². The van der Waals surface area contributed by atoms with Crippen molar-refractivity contribution in [1.82, 2.24) is 10.2 Å². The van der Waals surface area contributed by atoms with E-state index in [9.17, 15) is 4.39 Å². The van der Waals surface area contributed by atoms with Crippen LogP contribution >= 0.6 is 0 Å². The van der Waals surface area contributed by atoms with Crippen molar-refractivity contribution >= 4 is 0 Å². The van der Waals surface area contributed by atoms with Crippen LogP contribution in [-0.2, 0) is 0 Å². The molecule has 0 amide bonds. The maximum atomic E-state index is 12.7. The SMILES string of the molecule is CN(CCOc1ccc(F)cc1)C1CCCNC1. The summed E-state index contributed by atoms with van der Waals surface area (Å²) < 4.78 is 18.3. The minimum atomic E-state index is -0.229. The van der Waals surface area contributed by atoms with Gasteiger partial charge in [-0.3, -0.25) is 4.90 Å². The molecule has 0 aromatic heterocycles. The van der Waals surface area contributed by atoms with Crippen LogP contribution in [-0.4, -0.2) is 44.2 Å². The first-order chi connectivity index (χ1) is 8.75. The molecule has 0 radical (unpaired) electrons. The number of halogens is 1. The Kier molecular flexibility index (Phi) is 4.96. The fourth-order valence-corrected chi connectivity index (χ4v) is 2.23. The zero-order chi connectivity index (χ0) is 12.8. The van der Waals surface area contributed by atoms with Gasteiger partial charge in [-0.2, -0.15) is 0 Å². The van der Waals surface area contributed by atoms with Gasteiger partial charge in [-0.05, 0) is 50.7 Å². The van der Waals surface area contributed by atoms with Crippen LogP contribution in [0.5, 0.6) is 5.75 Å². The highest BCUT2D eigenvalue weighted by Crippen LogP contribution is 2.12. The van der Waals surface area contributed by atoms with Gasteiger partial charge >= 0.3 is 0 Å². The van der Waals surface area contributed by atoms with Crippen LogP contribution in [0.4, 0.5) is 4.39 Å². The molecule has 0 saturated carbocycles. The minimum absolute atomic E-state index is 0.229. The standard InChI is InChI=1S/C14H21FN2O/c1-17(13-3-2-8-16-11-13)9-10-18-14-6-4-12(15)5-7-14/h4-7,13,16H,2-3,8-11H2,1H3. The summed E-state index contributed by atoms with van der Waals surface area (Å²) in [5.41, 5.74) is 0. The zero-order valence-corrected chi connectivity index (χ0v) is 10.9. The van der Waals surface area contributed by atoms with Gasteiger partial charge in [-0.15, -0.1) is 0 Å². The lowest BCUT2D eigenvalue weighted by Crippen LogP contribution is -2.45. The number of ether oxygens (including phenoxy) is 1. The Labute approximate surface area is 108 Å². The Morgan fingerprint density at radius 2 is 2.17 bits per heavy atom. The smallest absolute Gasteiger partial charge is 0.123 e. The number of benzene rings is 1. The number of nitrogens with one attached hydrogen (secondary N) is 1. The van der Waals surface area contributed by atoms with Crippen LogP contribution in [0.15, 0.2) is 24.3 Å². The Bertz CT molecular complexity index is 349. The third kappa shape index (κ3) is 3.96. The summed E-state index contributed by atoms with van der Waals surface area (Å²) >= 11 is 0. The number of hydrogen-bond acceptors (Lipinski definition) is 3. The van der Waals surface area contributed by atoms with Gasteiger partial charge in [0.15, 0.2) is 0 Å². The first kappa shape index (κ1) is 13.3. The highest BCUT2D eigenvalue weighted by molar-refractivity contribution is 5.21. The molecule has 1 unspecified atom stereocenters. The molecule has 3 nitrogen and oxygen atoms in total. The van der Waals surface area contributed by atoms with Gasteiger partial charge in [0.05, 0.1) is 0 Å². The third-order valence-corrected chi connectivity index (χ3v) is 3.42. The van der Waals surface area contributed by atoms with Gasteiger partial charge in [0.25, 0.3) is 0 Å². The summed E-state index contributed by atoms with van der Waals surface area (Å²) in [7, 11) is 2.13. The van der Waals surface area contributed by atoms with Crippen molar-refractivity contribution in [3.05, 3.63) is 30.1 Å². The van der Waals surface area contributed by atoms with E-state index in [4.69, 9.17) is 4.74 Å². The molecule has 1 heterocycles. The Morgan fingerprint density at radius 3 is 2.83 bits per heavy atom. The number of hydrogen-bond donors (Lipinski definition) is 1. The van der Waals surface area contributed by atoms with Crippen molar-refractivity contribution in [3.63, 3.8) is 0 Å². The van der Waals surface area contributed by atoms with Gasteiger partial charge in [0, 0.05) is 19.1 Å². The molecule has 2 rings (SSSR count). The van der Waals surface area contributed by atoms with Gasteiger partial charge in [-0.1, -0.05) is 0 Å². The van der Waals surface area contributed by atoms with Crippen molar-refractivity contribution < 1.29 is 9.13 Å². The summed E-state index contributed by atoms with van der Waals surface area (Å²) in [6.07, 6.45) is 2.49. The van der Waals surface area contributed by atoms with E-state index in [-0.39, 0.29) is 5.82 Å². The fourth-order valence-electron chi connectivity index (χ4n) is 2.23. The average Bonchev–Trinajstić information content (AvgIpc) is 2.42. The summed E-state index contributed by atoms with van der Waals surface area (Å²) in [6.45, 7) is 3.73. The van der Waals surface area contributed by atoms with E-state index in [0.29, 0.717) is 12.6 Å². The van der Waals surface area contributed by atoms with Gasteiger partial charge in [0.2, 0.25) is 0 Å². The lowest BCUT2D eigenvalue weighted by molar-refractivity contribution is 0.168. The van der Waals surface area contributed by atoms with E-state index in [2.05, 4.69) is 17.3 Å². The Hall–Kier alpha value is -1.13. The summed E-state index contributed by atoms with van der Waals surface area (Å²) in [5, 5.41) is 3.41. The van der Waals surface area contributed by atoms with E-state index in [1.165, 1.54) is 25.0 Å². The predicted molar refractivity (Wildman–Crippen MR) is 70.4 cm³/mol. The number of piperidine rings is 1. The van der Waals surface area contributed by atoms with E-state index >= 15 is 0 Å². The second-order valence-corrected chi connectivity index (χ2v) is 4.78. The number of likely N-dealkylation sites (N-methyl/N-ethyl adjacent to an activating group) is 1. The summed E-state index contributed by atoms with van der Waals surface area (Å²) in [6, 6.07) is 6.78. The number of nitrogens with zero attached hydrogens (tertiary/aromatic N) is 1. The third-order valence-electron chi connectivity index (χ3n) is 3.42. The quantitative estimate of drug-likeness (QED) is 0.866. The molecular weight excluding hydrogens is 231 g/mol. The van der Waals surface area contributed by atoms with Crippen LogP contribution in [0, 0.1) is 5.82 Å². The van der Waals surface area contributed by atoms with Crippen LogP contribution in [0.2, 0.25) is 0 Å². The molecule has 18 heavy (non-hydrogen) atoms. The maximum Gasteiger partial charge on any atom is 0.123 e. The minimum Gasteiger partial charge on any atom is -0.492 e. The van der Waals surface area contributed by atoms with E-state index < -0.39 is 0 Å². The first-order valence-corrected chi connectivity index (χ1v) is 6.55. The maximum absolute atomic E-state index is 12.7. The second kappa shape index (κ2) is 6.71. The number of rotatable bonds is 5. The summed E-state index contributed by atoms with van der Waals surface area (Å²) in [5.74, 6) is 0.499. The van der Waals surface area contributed by atoms with Gasteiger partial charge < -0.3 is 10.1 Å². The molecule has 100 valence electrons. The normalized spacial score (nSPS) is 20.1. The zero-order valence-electron chi connectivity index (χ0n) is 10.9. The fraction of sp³-hybridized carbons (Fsp3) is 0.571. The topological polar surface area (TPSA) is 24.5 Å². The van der Waals surface area contributed by atoms with Crippen LogP contribution in [0.25, 0.3) is 0 Å². The molecule has 1 aromatic rings. The molecule has 1 aliphatic heterocycles. The predicted octanol–water partition coefficient (Wildman–Crippen LogP) is 1.89. The lowest BCUT2D eigenvalue weighted by Gasteiger charge is -2.31. The van der Waals surface area contributed by atoms with Crippen molar-refractivity contribution in [3.8, 4) is 5.75 Å². The second-order valence-electron chi connectivity index (χ2n) is 4.78. The largest absolute Gasteiger partial charge is 0.492 e. The molecule has 0 bridgehead atoms. The molecular formula is C14H21FN2O. The molecule has 1 N–H and O–H groups in total. The Morgan fingerprint density at radius 1 is 1.39 bits per heavy atom. The Balaban J connectivity index is 1.69. The molecule has 4 heteroatoms. The summed E-state index contributed by atoms with van der Waals surface area (Å²) in [4.78, 5) is 2.33. The average molecular weight is 252 g/mol. The van der Waals surface area contributed by atoms with Crippen molar-refractivity contribution in [1.29, 1.82) is 0 Å². The van der Waals surface area contributed by atoms with E-state index in [0.717, 1.165) is 25.4 Å². The molecule has 1 fully saturated rings. The van der Waals surface area contributed by atoms with Crippen molar-refractivity contribution in [2.24, 2.45) is 0 Å².